The van der Waals surface area contributed by atoms with Crippen molar-refractivity contribution in [2.75, 3.05) is 0 Å². The van der Waals surface area contributed by atoms with Crippen LogP contribution < -0.4 is 0 Å². The molecule has 2 aromatic heterocycles. The van der Waals surface area contributed by atoms with Gasteiger partial charge in [0.05, 0.1) is 5.52 Å². The quantitative estimate of drug-likeness (QED) is 0.537. The maximum atomic E-state index is 4.21. The number of fused-ring (bicyclic) bond motifs is 3. The summed E-state index contributed by atoms with van der Waals surface area (Å²) in [5, 5.41) is 2.65. The first-order valence-electron chi connectivity index (χ1n) is 5.47. The van der Waals surface area contributed by atoms with Crippen molar-refractivity contribution in [3.8, 4) is 0 Å². The molecule has 2 heteroatoms. The molecule has 3 aromatic rings. The molecule has 4 rings (SSSR count). The highest BCUT2D eigenvalue weighted by Crippen LogP contribution is 2.32. The van der Waals surface area contributed by atoms with Gasteiger partial charge in [-0.1, -0.05) is 18.2 Å². The number of hydrogen-bond acceptors (Lipinski definition) is 1. The number of rotatable bonds is 0. The molecule has 0 saturated carbocycles. The van der Waals surface area contributed by atoms with E-state index in [9.17, 15) is 0 Å². The zero-order valence-corrected chi connectivity index (χ0v) is 8.72. The van der Waals surface area contributed by atoms with E-state index in [4.69, 9.17) is 0 Å². The predicted molar refractivity (Wildman–Crippen MR) is 67.3 cm³/mol. The van der Waals surface area contributed by atoms with Crippen LogP contribution >= 0.6 is 0 Å². The van der Waals surface area contributed by atoms with Crippen molar-refractivity contribution >= 4 is 28.6 Å². The lowest BCUT2D eigenvalue weighted by atomic mass is 10.1. The van der Waals surface area contributed by atoms with Gasteiger partial charge < -0.3 is 4.40 Å². The summed E-state index contributed by atoms with van der Waals surface area (Å²) in [6.07, 6.45) is 9.02. The smallest absolute Gasteiger partial charge is 0.0604 e. The lowest BCUT2D eigenvalue weighted by Crippen LogP contribution is -1.91. The summed E-state index contributed by atoms with van der Waals surface area (Å²) in [6, 6.07) is 8.65. The molecular weight excluding hydrogens is 196 g/mol. The Labute approximate surface area is 92.9 Å². The summed E-state index contributed by atoms with van der Waals surface area (Å²) in [4.78, 5) is 4.21. The highest BCUT2D eigenvalue weighted by atomic mass is 14.9. The number of aliphatic imine (C=N–C) groups is 1. The van der Waals surface area contributed by atoms with E-state index in [1.54, 1.807) is 0 Å². The van der Waals surface area contributed by atoms with Crippen molar-refractivity contribution in [2.45, 2.75) is 6.42 Å². The molecule has 0 bridgehead atoms. The molecule has 1 aromatic carbocycles. The zero-order chi connectivity index (χ0) is 10.5. The molecule has 0 N–H and O–H groups in total. The van der Waals surface area contributed by atoms with Gasteiger partial charge in [-0.15, -0.1) is 0 Å². The summed E-state index contributed by atoms with van der Waals surface area (Å²) in [5.41, 5.74) is 4.00. The molecule has 0 radical (unpaired) electrons. The van der Waals surface area contributed by atoms with Gasteiger partial charge in [-0.3, -0.25) is 4.99 Å². The third kappa shape index (κ3) is 0.847. The molecule has 0 atom stereocenters. The molecule has 1 aliphatic rings. The summed E-state index contributed by atoms with van der Waals surface area (Å²) >= 11 is 0. The zero-order valence-electron chi connectivity index (χ0n) is 8.72. The van der Waals surface area contributed by atoms with E-state index in [1.165, 1.54) is 27.5 Å². The fourth-order valence-electron chi connectivity index (χ4n) is 2.63. The van der Waals surface area contributed by atoms with E-state index in [2.05, 4.69) is 45.9 Å². The minimum absolute atomic E-state index is 0.904. The number of nitrogens with zero attached hydrogens (tertiary/aromatic N) is 2. The molecular formula is C14H10N2. The van der Waals surface area contributed by atoms with Gasteiger partial charge >= 0.3 is 0 Å². The normalized spacial score (nSPS) is 14.8. The van der Waals surface area contributed by atoms with Crippen molar-refractivity contribution in [3.05, 3.63) is 47.9 Å². The minimum atomic E-state index is 0.904. The average molecular weight is 206 g/mol. The second kappa shape index (κ2) is 2.73. The molecule has 0 saturated heterocycles. The van der Waals surface area contributed by atoms with E-state index in [0.717, 1.165) is 6.42 Å². The first kappa shape index (κ1) is 8.11. The van der Waals surface area contributed by atoms with Gasteiger partial charge in [0.15, 0.2) is 0 Å². The maximum Gasteiger partial charge on any atom is 0.0604 e. The van der Waals surface area contributed by atoms with Crippen molar-refractivity contribution in [2.24, 2.45) is 4.99 Å². The highest BCUT2D eigenvalue weighted by molar-refractivity contribution is 6.03. The Morgan fingerprint density at radius 1 is 1.19 bits per heavy atom. The molecule has 0 amide bonds. The van der Waals surface area contributed by atoms with Crippen LogP contribution in [0.5, 0.6) is 0 Å². The molecule has 0 unspecified atom stereocenters. The third-order valence-corrected chi connectivity index (χ3v) is 3.32. The molecule has 0 spiro atoms. The van der Waals surface area contributed by atoms with E-state index in [0.29, 0.717) is 0 Å². The Kier molecular flexibility index (Phi) is 1.38. The Bertz CT molecular complexity index is 731. The molecule has 16 heavy (non-hydrogen) atoms. The van der Waals surface area contributed by atoms with Crippen LogP contribution in [0.15, 0.2) is 41.7 Å². The van der Waals surface area contributed by atoms with Crippen LogP contribution in [-0.4, -0.2) is 10.6 Å². The van der Waals surface area contributed by atoms with Crippen LogP contribution in [0.1, 0.15) is 11.3 Å². The van der Waals surface area contributed by atoms with Crippen LogP contribution in [0.4, 0.5) is 0 Å². The van der Waals surface area contributed by atoms with Crippen molar-refractivity contribution in [1.29, 1.82) is 0 Å². The lowest BCUT2D eigenvalue weighted by Gasteiger charge is -1.95. The maximum absolute atomic E-state index is 4.21. The number of benzene rings is 1. The van der Waals surface area contributed by atoms with E-state index in [-0.39, 0.29) is 0 Å². The molecule has 3 heterocycles. The largest absolute Gasteiger partial charge is 0.319 e. The fourth-order valence-corrected chi connectivity index (χ4v) is 2.63. The molecule has 1 aliphatic heterocycles. The lowest BCUT2D eigenvalue weighted by molar-refractivity contribution is 1.10. The van der Waals surface area contributed by atoms with Crippen LogP contribution in [0.2, 0.25) is 0 Å². The van der Waals surface area contributed by atoms with E-state index < -0.39 is 0 Å². The summed E-state index contributed by atoms with van der Waals surface area (Å²) in [5.74, 6) is 0. The van der Waals surface area contributed by atoms with Crippen LogP contribution in [0, 0.1) is 0 Å². The summed E-state index contributed by atoms with van der Waals surface area (Å²) in [6.45, 7) is 0. The second-order valence-corrected chi connectivity index (χ2v) is 4.14. The van der Waals surface area contributed by atoms with Crippen molar-refractivity contribution in [1.82, 2.24) is 4.40 Å². The van der Waals surface area contributed by atoms with Gasteiger partial charge in [0, 0.05) is 47.1 Å². The monoisotopic (exact) mass is 206 g/mol. The van der Waals surface area contributed by atoms with E-state index in [1.807, 2.05) is 12.4 Å². The molecule has 76 valence electrons. The van der Waals surface area contributed by atoms with Gasteiger partial charge in [0.1, 0.15) is 0 Å². The van der Waals surface area contributed by atoms with Gasteiger partial charge in [-0.05, 0) is 12.1 Å². The molecule has 0 fully saturated rings. The minimum Gasteiger partial charge on any atom is -0.319 e. The summed E-state index contributed by atoms with van der Waals surface area (Å²) in [7, 11) is 0. The first-order chi connectivity index (χ1) is 7.95. The Hall–Kier alpha value is -2.09. The Morgan fingerprint density at radius 3 is 3.19 bits per heavy atom. The van der Waals surface area contributed by atoms with Crippen molar-refractivity contribution in [3.63, 3.8) is 0 Å². The SMILES string of the molecule is C1=Cc2c(n3ccc4cccc2c43)CC=N1. The van der Waals surface area contributed by atoms with E-state index >= 15 is 0 Å². The Morgan fingerprint density at radius 2 is 2.19 bits per heavy atom. The number of aromatic nitrogens is 1. The Balaban J connectivity index is 2.29. The molecule has 2 nitrogen and oxygen atoms in total. The number of hydrogen-bond donors (Lipinski definition) is 0. The highest BCUT2D eigenvalue weighted by Gasteiger charge is 2.15. The van der Waals surface area contributed by atoms with Crippen molar-refractivity contribution < 1.29 is 0 Å². The van der Waals surface area contributed by atoms with Crippen LogP contribution in [0.3, 0.4) is 0 Å². The van der Waals surface area contributed by atoms with Gasteiger partial charge in [-0.2, -0.15) is 0 Å². The standard InChI is InChI=1S/C14H10N2/c1-2-10-6-9-16-13-5-8-15-7-4-11(13)12(3-1)14(10)16/h1-4,6-9H,5H2. The van der Waals surface area contributed by atoms with Gasteiger partial charge in [0.2, 0.25) is 0 Å². The van der Waals surface area contributed by atoms with Gasteiger partial charge in [-0.25, -0.2) is 0 Å². The van der Waals surface area contributed by atoms with Crippen LogP contribution in [0.25, 0.3) is 22.4 Å². The molecule has 0 aliphatic carbocycles. The van der Waals surface area contributed by atoms with Gasteiger partial charge in [0.25, 0.3) is 0 Å². The predicted octanol–water partition coefficient (Wildman–Crippen LogP) is 3.13. The fraction of sp³-hybridized carbons (Fsp3) is 0.0714. The van der Waals surface area contributed by atoms with Crippen LogP contribution in [-0.2, 0) is 6.42 Å². The topological polar surface area (TPSA) is 16.8 Å². The number of para-hydroxylation sites is 1. The average Bonchev–Trinajstić information content (AvgIpc) is 2.76. The third-order valence-electron chi connectivity index (χ3n) is 3.32. The first-order valence-corrected chi connectivity index (χ1v) is 5.47. The summed E-state index contributed by atoms with van der Waals surface area (Å²) < 4.78 is 2.29. The second-order valence-electron chi connectivity index (χ2n) is 4.14.